The number of anilines is 1. The van der Waals surface area contributed by atoms with Gasteiger partial charge in [0.05, 0.1) is 15.3 Å². The molecular formula is C44H42BrCoN10O8S2-. The molecule has 2 aromatic heterocycles. The van der Waals surface area contributed by atoms with E-state index in [-0.39, 0.29) is 76.3 Å². The Kier molecular flexibility index (Phi) is 17.7. The Bertz CT molecular complexity index is 2790. The van der Waals surface area contributed by atoms with Gasteiger partial charge in [0.25, 0.3) is 0 Å². The normalized spacial score (nSPS) is 17.8. The molecule has 66 heavy (non-hydrogen) atoms. The minimum Gasteiger partial charge on any atom is -0.506 e. The molecule has 22 heteroatoms. The van der Waals surface area contributed by atoms with Crippen molar-refractivity contribution in [2.24, 2.45) is 20.4 Å². The number of thiazole rings is 2. The fourth-order valence-corrected chi connectivity index (χ4v) is 9.07. The largest absolute Gasteiger partial charge is 0.506 e. The van der Waals surface area contributed by atoms with Crippen molar-refractivity contribution >= 4 is 94.8 Å². The van der Waals surface area contributed by atoms with E-state index in [4.69, 9.17) is 0 Å². The number of hydrogen-bond donors (Lipinski definition) is 2. The van der Waals surface area contributed by atoms with E-state index in [1.165, 1.54) is 84.6 Å². The van der Waals surface area contributed by atoms with Gasteiger partial charge in [0.15, 0.2) is 17.3 Å². The van der Waals surface area contributed by atoms with E-state index >= 15 is 0 Å². The summed E-state index contributed by atoms with van der Waals surface area (Å²) < 4.78 is 3.59. The van der Waals surface area contributed by atoms with Crippen molar-refractivity contribution in [3.05, 3.63) is 154 Å². The van der Waals surface area contributed by atoms with Crippen LogP contribution < -0.4 is 24.5 Å². The third kappa shape index (κ3) is 12.2. The number of nitrogens with zero attached hydrogens (tertiary/aromatic N) is 10. The van der Waals surface area contributed by atoms with Gasteiger partial charge < -0.3 is 35.3 Å². The van der Waals surface area contributed by atoms with Crippen molar-refractivity contribution < 1.29 is 51.0 Å². The Hall–Kier alpha value is -6.46. The number of aliphatic hydroxyl groups is 2. The first-order chi connectivity index (χ1) is 31.2. The van der Waals surface area contributed by atoms with E-state index in [2.05, 4.69) is 131 Å². The first-order valence-corrected chi connectivity index (χ1v) is 22.6. The summed E-state index contributed by atoms with van der Waals surface area (Å²) >= 11 is 5.32. The van der Waals surface area contributed by atoms with Gasteiger partial charge in [-0.2, -0.15) is 4.58 Å². The number of ketones is 2. The molecular weight excluding hydrogens is 1000 g/mol. The number of carbonyl (C=O) groups is 2. The van der Waals surface area contributed by atoms with Crippen LogP contribution in [0.4, 0.5) is 21.4 Å². The smallest absolute Gasteiger partial charge is 0.319 e. The zero-order chi connectivity index (χ0) is 46.7. The molecule has 1 saturated carbocycles. The maximum atomic E-state index is 10.9. The van der Waals surface area contributed by atoms with E-state index in [0.29, 0.717) is 0 Å². The van der Waals surface area contributed by atoms with Crippen molar-refractivity contribution in [2.45, 2.75) is 51.4 Å². The first kappa shape index (κ1) is 50.5. The predicted octanol–water partition coefficient (Wildman–Crippen LogP) is 7.84. The van der Waals surface area contributed by atoms with Crippen molar-refractivity contribution in [1.82, 2.24) is 9.97 Å². The van der Waals surface area contributed by atoms with Gasteiger partial charge in [0.2, 0.25) is 5.69 Å². The predicted molar refractivity (Wildman–Crippen MR) is 253 cm³/mol. The molecule has 0 unspecified atom stereocenters. The second-order valence-electron chi connectivity index (χ2n) is 14.5. The summed E-state index contributed by atoms with van der Waals surface area (Å²) in [5.74, 6) is -1.32. The Morgan fingerprint density at radius 3 is 1.80 bits per heavy atom. The number of aliphatic hydroxyl groups excluding tert-OH is 2. The molecule has 18 nitrogen and oxygen atoms in total. The van der Waals surface area contributed by atoms with Gasteiger partial charge in [-0.15, -0.1) is 0 Å². The number of carbonyl (C=O) groups excluding carboxylic acids is 2. The maximum Gasteiger partial charge on any atom is 0.319 e. The zero-order valence-electron chi connectivity index (χ0n) is 35.6. The average Bonchev–Trinajstić information content (AvgIpc) is 4.03. The number of halogens is 1. The quantitative estimate of drug-likeness (QED) is 0.0708. The summed E-state index contributed by atoms with van der Waals surface area (Å²) in [5, 5.41) is 53.9. The molecule has 1 fully saturated rings. The van der Waals surface area contributed by atoms with Crippen LogP contribution in [0.5, 0.6) is 0 Å². The maximum absolute atomic E-state index is 10.9. The summed E-state index contributed by atoms with van der Waals surface area (Å²) in [7, 11) is 2.24. The molecule has 0 bridgehead atoms. The minimum absolute atomic E-state index is 0. The molecule has 1 aliphatic heterocycles. The molecule has 1 radical (unpaired) electrons. The number of hydrogen-bond acceptors (Lipinski definition) is 15. The van der Waals surface area contributed by atoms with Crippen LogP contribution in [-0.4, -0.2) is 73.5 Å². The van der Waals surface area contributed by atoms with Crippen molar-refractivity contribution in [2.75, 3.05) is 25.0 Å². The molecule has 0 saturated heterocycles. The van der Waals surface area contributed by atoms with E-state index in [0.717, 1.165) is 64.8 Å². The summed E-state index contributed by atoms with van der Waals surface area (Å²) in [5.41, 5.74) is 7.25. The Morgan fingerprint density at radius 2 is 1.33 bits per heavy atom. The molecule has 345 valence electrons. The number of nitro groups is 2. The molecule has 2 aromatic carbocycles. The summed E-state index contributed by atoms with van der Waals surface area (Å²) in [6.45, 7) is 6.47. The Labute approximate surface area is 404 Å². The van der Waals surface area contributed by atoms with E-state index in [9.17, 15) is 40.0 Å². The van der Waals surface area contributed by atoms with Gasteiger partial charge in [0, 0.05) is 91.9 Å². The molecule has 2 N–H and O–H groups in total. The fourth-order valence-electron chi connectivity index (χ4n) is 7.46. The van der Waals surface area contributed by atoms with Crippen LogP contribution in [0.3, 0.4) is 0 Å². The molecule has 0 atom stereocenters. The van der Waals surface area contributed by atoms with Gasteiger partial charge in [-0.3, -0.25) is 40.0 Å². The van der Waals surface area contributed by atoms with Crippen molar-refractivity contribution in [1.29, 1.82) is 0 Å². The average molecular weight is 1040 g/mol. The van der Waals surface area contributed by atoms with Gasteiger partial charge in [0.1, 0.15) is 30.0 Å². The zero-order valence-corrected chi connectivity index (χ0v) is 39.9. The number of aromatic nitrogens is 2. The summed E-state index contributed by atoms with van der Waals surface area (Å²) in [6.07, 6.45) is 20.4. The van der Waals surface area contributed by atoms with E-state index in [1.54, 1.807) is 0 Å². The van der Waals surface area contributed by atoms with Crippen LogP contribution in [0.2, 0.25) is 0 Å². The van der Waals surface area contributed by atoms with Crippen LogP contribution in [0, 0.1) is 20.2 Å². The Morgan fingerprint density at radius 1 is 0.803 bits per heavy atom. The molecule has 3 aliphatic carbocycles. The van der Waals surface area contributed by atoms with Crippen LogP contribution in [0.25, 0.3) is 6.08 Å². The van der Waals surface area contributed by atoms with Gasteiger partial charge >= 0.3 is 10.0 Å². The standard InChI is InChI=1S/C26H32BrN2.2C9H6N4O4S.Co/c1-4-29(5-2)21-15-13-20(23(27)19-21)14-16-25-26(17-9-6-10-18-26)22-11-7-8-12-24(22)28(25)3;2*14-5-1-2-6(7(15)3-5)11-12-9-10-4-8(18-9)13(16)17;/h7-8,11-16,19H,4-6,9-10,17-18H2,1-3H3;2*1-4H,(H2,10,12,14,15);/q+1;;;/p-2. The molecule has 4 aliphatic rings. The van der Waals surface area contributed by atoms with Crippen LogP contribution in [0.15, 0.2) is 134 Å². The molecule has 3 heterocycles. The topological polar surface area (TPSA) is 245 Å². The van der Waals surface area contributed by atoms with Gasteiger partial charge in [-0.25, -0.2) is 0 Å². The minimum atomic E-state index is -0.583. The van der Waals surface area contributed by atoms with E-state index < -0.39 is 9.85 Å². The second kappa shape index (κ2) is 23.1. The second-order valence-corrected chi connectivity index (χ2v) is 17.3. The molecule has 8 rings (SSSR count). The third-order valence-electron chi connectivity index (χ3n) is 10.6. The van der Waals surface area contributed by atoms with Gasteiger partial charge in [-0.1, -0.05) is 82.1 Å². The van der Waals surface area contributed by atoms with Crippen LogP contribution in [-0.2, 0) is 31.8 Å². The number of fused-ring (bicyclic) bond motifs is 2. The monoisotopic (exact) mass is 1040 g/mol. The molecule has 1 spiro atoms. The van der Waals surface area contributed by atoms with Crippen LogP contribution in [0.1, 0.15) is 57.1 Å². The number of para-hydroxylation sites is 1. The molecule has 0 amide bonds. The van der Waals surface area contributed by atoms with Crippen LogP contribution >= 0.6 is 38.6 Å². The summed E-state index contributed by atoms with van der Waals surface area (Å²) in [4.78, 5) is 51.3. The van der Waals surface area contributed by atoms with Gasteiger partial charge in [-0.05, 0) is 74.8 Å². The number of allylic oxidation sites excluding steroid dienone is 7. The third-order valence-corrected chi connectivity index (χ3v) is 12.9. The number of benzene rings is 2. The van der Waals surface area contributed by atoms with E-state index in [1.807, 2.05) is 0 Å². The Balaban J connectivity index is 0.000000193. The van der Waals surface area contributed by atoms with Crippen molar-refractivity contribution in [3.8, 4) is 0 Å². The SMILES string of the molecule is CCN(CC)c1ccc(/C=C/C2=[N+](C)c3ccccc3C23CCCCC3)c(Br)c1.O=C1C=CC(=NN=c2[n-]cc([N+](=O)[O-])s2)C(O)=C1.O=C1C=CC(=NN=c2[n-]cc([N+](=O)[O-])s2)C(O)=C1.[Co]. The fraction of sp³-hybridized carbons (Fsp3) is 0.250. The number of rotatable bonds is 9. The molecule has 4 aromatic rings. The van der Waals surface area contributed by atoms with Crippen molar-refractivity contribution in [3.63, 3.8) is 0 Å². The summed E-state index contributed by atoms with van der Waals surface area (Å²) in [6, 6.07) is 15.7. The first-order valence-electron chi connectivity index (χ1n) is 20.2.